The van der Waals surface area contributed by atoms with Gasteiger partial charge in [-0.15, -0.1) is 0 Å². The van der Waals surface area contributed by atoms with Crippen molar-refractivity contribution < 1.29 is 14.3 Å². The monoisotopic (exact) mass is 311 g/mol. The summed E-state index contributed by atoms with van der Waals surface area (Å²) in [6, 6.07) is 14.4. The van der Waals surface area contributed by atoms with Gasteiger partial charge >= 0.3 is 11.8 Å². The van der Waals surface area contributed by atoms with Crippen LogP contribution in [0.15, 0.2) is 53.6 Å². The highest BCUT2D eigenvalue weighted by Gasteiger charge is 2.14. The number of rotatable bonds is 4. The molecule has 0 saturated heterocycles. The van der Waals surface area contributed by atoms with Crippen LogP contribution in [0.5, 0.6) is 5.75 Å². The second-order valence-corrected chi connectivity index (χ2v) is 4.76. The van der Waals surface area contributed by atoms with E-state index >= 15 is 0 Å². The van der Waals surface area contributed by atoms with Crippen molar-refractivity contribution in [3.05, 3.63) is 59.7 Å². The molecule has 2 aromatic carbocycles. The summed E-state index contributed by atoms with van der Waals surface area (Å²) < 4.78 is 5.10. The summed E-state index contributed by atoms with van der Waals surface area (Å²) in [4.78, 5) is 23.5. The van der Waals surface area contributed by atoms with Crippen LogP contribution in [0.3, 0.4) is 0 Å². The maximum absolute atomic E-state index is 11.8. The molecule has 2 rings (SSSR count). The molecule has 118 valence electrons. The second-order valence-electron chi connectivity index (χ2n) is 4.76. The number of para-hydroxylation sites is 2. The summed E-state index contributed by atoms with van der Waals surface area (Å²) in [5, 5.41) is 6.23. The number of ether oxygens (including phenoxy) is 1. The van der Waals surface area contributed by atoms with Gasteiger partial charge in [0.25, 0.3) is 0 Å². The highest BCUT2D eigenvalue weighted by molar-refractivity contribution is 6.39. The lowest BCUT2D eigenvalue weighted by atomic mass is 10.2. The van der Waals surface area contributed by atoms with Gasteiger partial charge in [-0.3, -0.25) is 9.59 Å². The zero-order chi connectivity index (χ0) is 16.7. The van der Waals surface area contributed by atoms with Crippen LogP contribution in [0.25, 0.3) is 0 Å². The number of carbonyl (C=O) groups excluding carboxylic acids is 2. The molecule has 0 aliphatic heterocycles. The lowest BCUT2D eigenvalue weighted by Gasteiger charge is -2.08. The minimum Gasteiger partial charge on any atom is -0.495 e. The molecule has 0 fully saturated rings. The summed E-state index contributed by atoms with van der Waals surface area (Å²) in [5.74, 6) is -1.22. The molecule has 0 spiro atoms. The lowest BCUT2D eigenvalue weighted by molar-refractivity contribution is -0.136. The van der Waals surface area contributed by atoms with Crippen LogP contribution in [0, 0.1) is 6.92 Å². The fourth-order valence-corrected chi connectivity index (χ4v) is 1.80. The molecule has 0 unspecified atom stereocenters. The number of aryl methyl sites for hydroxylation is 1. The van der Waals surface area contributed by atoms with Gasteiger partial charge in [0.2, 0.25) is 0 Å². The number of nitrogens with one attached hydrogen (secondary N) is 2. The Bertz CT molecular complexity index is 724. The van der Waals surface area contributed by atoms with E-state index in [-0.39, 0.29) is 0 Å². The van der Waals surface area contributed by atoms with Gasteiger partial charge in [-0.05, 0) is 24.6 Å². The Morgan fingerprint density at radius 2 is 1.74 bits per heavy atom. The standard InChI is InChI=1S/C17H17N3O3/c1-12-7-9-13(10-8-12)11-18-20-17(22)16(21)19-14-5-3-4-6-15(14)23-2/h3-11H,1-2H3,(H,19,21)(H,20,22)/b18-11+. The SMILES string of the molecule is COc1ccccc1NC(=O)C(=O)N/N=C/c1ccc(C)cc1. The Balaban J connectivity index is 1.92. The van der Waals surface area contributed by atoms with Gasteiger partial charge < -0.3 is 10.1 Å². The minimum atomic E-state index is -0.862. The Morgan fingerprint density at radius 3 is 2.43 bits per heavy atom. The van der Waals surface area contributed by atoms with Gasteiger partial charge in [0.15, 0.2) is 0 Å². The van der Waals surface area contributed by atoms with Gasteiger partial charge in [-0.2, -0.15) is 5.10 Å². The average Bonchev–Trinajstić information content (AvgIpc) is 2.57. The van der Waals surface area contributed by atoms with Crippen molar-refractivity contribution in [2.24, 2.45) is 5.10 Å². The highest BCUT2D eigenvalue weighted by atomic mass is 16.5. The molecule has 2 amide bonds. The molecule has 0 aliphatic carbocycles. The first kappa shape index (κ1) is 16.2. The van der Waals surface area contributed by atoms with E-state index in [4.69, 9.17) is 4.74 Å². The van der Waals surface area contributed by atoms with Crippen LogP contribution in [0.1, 0.15) is 11.1 Å². The topological polar surface area (TPSA) is 79.8 Å². The molecule has 0 heterocycles. The van der Waals surface area contributed by atoms with Gasteiger partial charge in [0.1, 0.15) is 5.75 Å². The van der Waals surface area contributed by atoms with Crippen LogP contribution in [0.2, 0.25) is 0 Å². The summed E-state index contributed by atoms with van der Waals surface area (Å²) in [6.45, 7) is 1.98. The van der Waals surface area contributed by atoms with Gasteiger partial charge in [0.05, 0.1) is 19.0 Å². The van der Waals surface area contributed by atoms with Crippen LogP contribution in [-0.2, 0) is 9.59 Å². The molecule has 0 aliphatic rings. The van der Waals surface area contributed by atoms with E-state index in [1.807, 2.05) is 31.2 Å². The molecule has 6 nitrogen and oxygen atoms in total. The smallest absolute Gasteiger partial charge is 0.329 e. The summed E-state index contributed by atoms with van der Waals surface area (Å²) in [7, 11) is 1.48. The Morgan fingerprint density at radius 1 is 1.04 bits per heavy atom. The molecule has 0 atom stereocenters. The van der Waals surface area contributed by atoms with E-state index < -0.39 is 11.8 Å². The third-order valence-electron chi connectivity index (χ3n) is 3.02. The zero-order valence-electron chi connectivity index (χ0n) is 12.9. The maximum atomic E-state index is 11.8. The van der Waals surface area contributed by atoms with Crippen molar-refractivity contribution in [3.8, 4) is 5.75 Å². The molecule has 2 N–H and O–H groups in total. The summed E-state index contributed by atoms with van der Waals surface area (Å²) in [6.07, 6.45) is 1.47. The van der Waals surface area contributed by atoms with E-state index in [1.165, 1.54) is 13.3 Å². The van der Waals surface area contributed by atoms with Gasteiger partial charge in [0, 0.05) is 0 Å². The Kier molecular flexibility index (Phi) is 5.46. The largest absolute Gasteiger partial charge is 0.495 e. The first-order valence-electron chi connectivity index (χ1n) is 6.94. The molecule has 6 heteroatoms. The number of hydrogen-bond donors (Lipinski definition) is 2. The molecule has 0 saturated carbocycles. The number of methoxy groups -OCH3 is 1. The molecular formula is C17H17N3O3. The Hall–Kier alpha value is -3.15. The predicted molar refractivity (Wildman–Crippen MR) is 88.5 cm³/mol. The summed E-state index contributed by atoms with van der Waals surface area (Å²) >= 11 is 0. The van der Waals surface area contributed by atoms with Gasteiger partial charge in [-0.25, -0.2) is 5.43 Å². The minimum absolute atomic E-state index is 0.415. The molecule has 0 radical (unpaired) electrons. The number of nitrogens with zero attached hydrogens (tertiary/aromatic N) is 1. The van der Waals surface area contributed by atoms with E-state index in [2.05, 4.69) is 15.8 Å². The fourth-order valence-electron chi connectivity index (χ4n) is 1.80. The highest BCUT2D eigenvalue weighted by Crippen LogP contribution is 2.22. The summed E-state index contributed by atoms with van der Waals surface area (Å²) in [5.41, 5.74) is 4.54. The molecule has 23 heavy (non-hydrogen) atoms. The fraction of sp³-hybridized carbons (Fsp3) is 0.118. The number of benzene rings is 2. The third kappa shape index (κ3) is 4.67. The van der Waals surface area contributed by atoms with Crippen molar-refractivity contribution in [2.75, 3.05) is 12.4 Å². The number of hydrogen-bond acceptors (Lipinski definition) is 4. The average molecular weight is 311 g/mol. The number of carbonyl (C=O) groups is 2. The van der Waals surface area contributed by atoms with Crippen LogP contribution >= 0.6 is 0 Å². The third-order valence-corrected chi connectivity index (χ3v) is 3.02. The molecule has 2 aromatic rings. The van der Waals surface area contributed by atoms with Gasteiger partial charge in [-0.1, -0.05) is 42.0 Å². The number of amides is 2. The second kappa shape index (κ2) is 7.74. The van der Waals surface area contributed by atoms with E-state index in [9.17, 15) is 9.59 Å². The van der Waals surface area contributed by atoms with E-state index in [0.717, 1.165) is 11.1 Å². The zero-order valence-corrected chi connectivity index (χ0v) is 12.9. The van der Waals surface area contributed by atoms with Crippen molar-refractivity contribution >= 4 is 23.7 Å². The van der Waals surface area contributed by atoms with Crippen molar-refractivity contribution in [3.63, 3.8) is 0 Å². The van der Waals surface area contributed by atoms with Crippen molar-refractivity contribution in [1.82, 2.24) is 5.43 Å². The predicted octanol–water partition coefficient (Wildman–Crippen LogP) is 2.09. The number of anilines is 1. The molecular weight excluding hydrogens is 294 g/mol. The first-order valence-corrected chi connectivity index (χ1v) is 6.94. The van der Waals surface area contributed by atoms with Crippen molar-refractivity contribution in [2.45, 2.75) is 6.92 Å². The van der Waals surface area contributed by atoms with E-state index in [1.54, 1.807) is 24.3 Å². The molecule has 0 aromatic heterocycles. The number of hydrazone groups is 1. The van der Waals surface area contributed by atoms with Crippen LogP contribution in [-0.4, -0.2) is 25.1 Å². The normalized spacial score (nSPS) is 10.3. The van der Waals surface area contributed by atoms with Crippen molar-refractivity contribution in [1.29, 1.82) is 0 Å². The molecule has 0 bridgehead atoms. The quantitative estimate of drug-likeness (QED) is 0.515. The first-order chi connectivity index (χ1) is 11.1. The maximum Gasteiger partial charge on any atom is 0.329 e. The van der Waals surface area contributed by atoms with E-state index in [0.29, 0.717) is 11.4 Å². The Labute approximate surface area is 134 Å². The van der Waals surface area contributed by atoms with Crippen LogP contribution in [0.4, 0.5) is 5.69 Å². The lowest BCUT2D eigenvalue weighted by Crippen LogP contribution is -2.32. The van der Waals surface area contributed by atoms with Crippen LogP contribution < -0.4 is 15.5 Å².